The van der Waals surface area contributed by atoms with Crippen LogP contribution in [0.4, 0.5) is 0 Å². The Kier molecular flexibility index (Phi) is 3.61. The molecule has 2 atom stereocenters. The molecule has 1 saturated carbocycles. The molecule has 1 aliphatic carbocycles. The van der Waals surface area contributed by atoms with E-state index in [1.54, 1.807) is 11.3 Å². The quantitative estimate of drug-likeness (QED) is 0.700. The van der Waals surface area contributed by atoms with Gasteiger partial charge in [-0.15, -0.1) is 21.5 Å². The number of carbonyl (C=O) groups is 1. The van der Waals surface area contributed by atoms with Gasteiger partial charge < -0.3 is 5.73 Å². The molecular weight excluding hydrogens is 394 g/mol. The SMILES string of the molecule is Cc1sc2c(c1C)C(c1ccc(Cl)cc1)=N[C@]1(C[C@H]1C(N)=O)c1nnc(C)n1-2. The van der Waals surface area contributed by atoms with Crippen LogP contribution in [-0.2, 0) is 10.3 Å². The van der Waals surface area contributed by atoms with Crippen molar-refractivity contribution in [2.75, 3.05) is 0 Å². The zero-order valence-corrected chi connectivity index (χ0v) is 17.2. The molecule has 2 aromatic heterocycles. The van der Waals surface area contributed by atoms with Crippen molar-refractivity contribution < 1.29 is 4.79 Å². The first-order valence-corrected chi connectivity index (χ1v) is 10.2. The Bertz CT molecular complexity index is 1180. The predicted octanol–water partition coefficient (Wildman–Crippen LogP) is 3.46. The zero-order chi connectivity index (χ0) is 19.8. The Morgan fingerprint density at radius 1 is 1.25 bits per heavy atom. The third-order valence-corrected chi connectivity index (χ3v) is 7.17. The van der Waals surface area contributed by atoms with Crippen molar-refractivity contribution in [2.45, 2.75) is 32.7 Å². The number of amides is 1. The lowest BCUT2D eigenvalue weighted by Crippen LogP contribution is -2.23. The van der Waals surface area contributed by atoms with E-state index in [9.17, 15) is 4.79 Å². The predicted molar refractivity (Wildman–Crippen MR) is 110 cm³/mol. The van der Waals surface area contributed by atoms with Crippen LogP contribution in [0.3, 0.4) is 0 Å². The summed E-state index contributed by atoms with van der Waals surface area (Å²) in [7, 11) is 0. The maximum Gasteiger partial charge on any atom is 0.223 e. The highest BCUT2D eigenvalue weighted by Gasteiger charge is 2.63. The topological polar surface area (TPSA) is 86.2 Å². The van der Waals surface area contributed by atoms with Gasteiger partial charge in [-0.3, -0.25) is 14.4 Å². The Hall–Kier alpha value is -2.51. The number of aliphatic imine (C=N–C) groups is 1. The second-order valence-corrected chi connectivity index (χ2v) is 9.06. The van der Waals surface area contributed by atoms with Gasteiger partial charge in [-0.2, -0.15) is 0 Å². The highest BCUT2D eigenvalue weighted by atomic mass is 35.5. The zero-order valence-electron chi connectivity index (χ0n) is 15.7. The molecule has 3 aromatic rings. The maximum atomic E-state index is 12.1. The van der Waals surface area contributed by atoms with Crippen LogP contribution in [0.15, 0.2) is 29.3 Å². The minimum atomic E-state index is -0.763. The lowest BCUT2D eigenvalue weighted by molar-refractivity contribution is -0.119. The standard InChI is InChI=1S/C20H18ClN5OS/c1-9-10(2)28-18-15(9)16(12-4-6-13(21)7-5-12)23-20(8-14(20)17(22)27)19-25-24-11(3)26(18)19/h4-7,14H,8H2,1-3H3,(H2,22,27)/t14-,20-/m0/s1. The van der Waals surface area contributed by atoms with Crippen LogP contribution < -0.4 is 5.73 Å². The highest BCUT2D eigenvalue weighted by Crippen LogP contribution is 2.57. The second kappa shape index (κ2) is 5.75. The molecule has 6 nitrogen and oxygen atoms in total. The molecule has 8 heteroatoms. The number of benzene rings is 1. The fraction of sp³-hybridized carbons (Fsp3) is 0.300. The number of nitrogens with two attached hydrogens (primary N) is 1. The van der Waals surface area contributed by atoms with E-state index in [1.165, 1.54) is 10.4 Å². The fourth-order valence-corrected chi connectivity index (χ4v) is 5.34. The molecule has 142 valence electrons. The average molecular weight is 412 g/mol. The van der Waals surface area contributed by atoms with Crippen molar-refractivity contribution in [3.05, 3.63) is 62.5 Å². The molecule has 0 radical (unpaired) electrons. The molecule has 0 saturated heterocycles. The molecule has 1 aliphatic heterocycles. The number of fused-ring (bicyclic) bond motifs is 4. The number of carbonyl (C=O) groups excluding carboxylic acids is 1. The molecular formula is C20H18ClN5OS. The number of aryl methyl sites for hydroxylation is 2. The highest BCUT2D eigenvalue weighted by molar-refractivity contribution is 7.15. The van der Waals surface area contributed by atoms with E-state index in [-0.39, 0.29) is 11.8 Å². The van der Waals surface area contributed by atoms with Crippen molar-refractivity contribution in [3.63, 3.8) is 0 Å². The molecule has 3 heterocycles. The van der Waals surface area contributed by atoms with Gasteiger partial charge in [0.2, 0.25) is 5.91 Å². The van der Waals surface area contributed by atoms with Crippen LogP contribution in [0.5, 0.6) is 0 Å². The number of nitrogens with zero attached hydrogens (tertiary/aromatic N) is 4. The summed E-state index contributed by atoms with van der Waals surface area (Å²) in [6.07, 6.45) is 0.546. The number of hydrogen-bond donors (Lipinski definition) is 1. The molecule has 0 unspecified atom stereocenters. The summed E-state index contributed by atoms with van der Waals surface area (Å²) in [5.41, 5.74) is 8.94. The summed E-state index contributed by atoms with van der Waals surface area (Å²) >= 11 is 7.80. The van der Waals surface area contributed by atoms with E-state index in [0.717, 1.165) is 27.7 Å². The maximum absolute atomic E-state index is 12.1. The van der Waals surface area contributed by atoms with Crippen LogP contribution >= 0.6 is 22.9 Å². The average Bonchev–Trinajstić information content (AvgIpc) is 3.19. The van der Waals surface area contributed by atoms with Crippen LogP contribution in [0.1, 0.15) is 39.6 Å². The fourth-order valence-electron chi connectivity index (χ4n) is 4.01. The number of primary amides is 1. The van der Waals surface area contributed by atoms with Crippen molar-refractivity contribution in [1.29, 1.82) is 0 Å². The molecule has 1 aromatic carbocycles. The minimum Gasteiger partial charge on any atom is -0.369 e. The van der Waals surface area contributed by atoms with Gasteiger partial charge in [0.15, 0.2) is 5.82 Å². The van der Waals surface area contributed by atoms with Crippen LogP contribution in [0.25, 0.3) is 5.00 Å². The van der Waals surface area contributed by atoms with Gasteiger partial charge in [0.25, 0.3) is 0 Å². The molecule has 1 amide bonds. The van der Waals surface area contributed by atoms with Gasteiger partial charge >= 0.3 is 0 Å². The van der Waals surface area contributed by atoms with E-state index in [1.807, 2.05) is 31.2 Å². The lowest BCUT2D eigenvalue weighted by Gasteiger charge is -2.12. The third kappa shape index (κ3) is 2.26. The first-order chi connectivity index (χ1) is 13.3. The van der Waals surface area contributed by atoms with Crippen molar-refractivity contribution in [1.82, 2.24) is 14.8 Å². The number of aromatic nitrogens is 3. The molecule has 2 N–H and O–H groups in total. The van der Waals surface area contributed by atoms with Gasteiger partial charge in [0.1, 0.15) is 16.4 Å². The monoisotopic (exact) mass is 411 g/mol. The van der Waals surface area contributed by atoms with E-state index in [2.05, 4.69) is 28.6 Å². The van der Waals surface area contributed by atoms with E-state index >= 15 is 0 Å². The third-order valence-electron chi connectivity index (χ3n) is 5.72. The van der Waals surface area contributed by atoms with Gasteiger partial charge in [-0.1, -0.05) is 23.7 Å². The molecule has 0 bridgehead atoms. The Labute approximate surface area is 171 Å². The van der Waals surface area contributed by atoms with Crippen LogP contribution in [0, 0.1) is 26.7 Å². The first kappa shape index (κ1) is 17.6. The van der Waals surface area contributed by atoms with Gasteiger partial charge in [0.05, 0.1) is 11.6 Å². The van der Waals surface area contributed by atoms with E-state index in [4.69, 9.17) is 22.3 Å². The van der Waals surface area contributed by atoms with Crippen molar-refractivity contribution >= 4 is 34.6 Å². The molecule has 1 fully saturated rings. The molecule has 1 spiro atoms. The van der Waals surface area contributed by atoms with E-state index in [0.29, 0.717) is 17.3 Å². The smallest absolute Gasteiger partial charge is 0.223 e. The van der Waals surface area contributed by atoms with Crippen molar-refractivity contribution in [3.8, 4) is 5.00 Å². The number of thiophene rings is 1. The lowest BCUT2D eigenvalue weighted by atomic mass is 9.99. The summed E-state index contributed by atoms with van der Waals surface area (Å²) in [5.74, 6) is 0.733. The van der Waals surface area contributed by atoms with Gasteiger partial charge in [0, 0.05) is 21.0 Å². The van der Waals surface area contributed by atoms with Crippen molar-refractivity contribution in [2.24, 2.45) is 16.6 Å². The Balaban J connectivity index is 1.86. The minimum absolute atomic E-state index is 0.357. The summed E-state index contributed by atoms with van der Waals surface area (Å²) < 4.78 is 2.05. The van der Waals surface area contributed by atoms with Gasteiger partial charge in [-0.25, -0.2) is 0 Å². The van der Waals surface area contributed by atoms with E-state index < -0.39 is 5.54 Å². The number of halogens is 1. The summed E-state index contributed by atoms with van der Waals surface area (Å²) in [5, 5.41) is 10.4. The normalized spacial score (nSPS) is 22.4. The summed E-state index contributed by atoms with van der Waals surface area (Å²) in [6.45, 7) is 6.13. The Morgan fingerprint density at radius 2 is 1.96 bits per heavy atom. The van der Waals surface area contributed by atoms with Crippen LogP contribution in [0.2, 0.25) is 5.02 Å². The Morgan fingerprint density at radius 3 is 2.61 bits per heavy atom. The molecule has 28 heavy (non-hydrogen) atoms. The molecule has 2 aliphatic rings. The van der Waals surface area contributed by atoms with Gasteiger partial charge in [-0.05, 0) is 44.9 Å². The summed E-state index contributed by atoms with van der Waals surface area (Å²) in [4.78, 5) is 18.4. The molecule has 5 rings (SSSR count). The second-order valence-electron chi connectivity index (χ2n) is 7.42. The largest absolute Gasteiger partial charge is 0.369 e. The summed E-state index contributed by atoms with van der Waals surface area (Å²) in [6, 6.07) is 7.64. The number of rotatable bonds is 2. The van der Waals surface area contributed by atoms with Crippen LogP contribution in [-0.4, -0.2) is 26.4 Å². The first-order valence-electron chi connectivity index (χ1n) is 9.02. The number of hydrogen-bond acceptors (Lipinski definition) is 5.